The van der Waals surface area contributed by atoms with Crippen LogP contribution in [0, 0.1) is 19.7 Å². The van der Waals surface area contributed by atoms with Crippen molar-refractivity contribution < 1.29 is 13.7 Å². The van der Waals surface area contributed by atoms with E-state index in [1.165, 1.54) is 12.1 Å². The molecule has 0 unspecified atom stereocenters. The number of H-pyrrole nitrogens is 1. The van der Waals surface area contributed by atoms with Gasteiger partial charge in [-0.15, -0.1) is 0 Å². The number of carbonyl (C=O) groups is 1. The first kappa shape index (κ1) is 17.7. The summed E-state index contributed by atoms with van der Waals surface area (Å²) in [7, 11) is 0. The van der Waals surface area contributed by atoms with Crippen molar-refractivity contribution in [2.75, 3.05) is 26.2 Å². The minimum atomic E-state index is -0.286. The maximum absolute atomic E-state index is 13.6. The molecule has 3 aromatic rings. The summed E-state index contributed by atoms with van der Waals surface area (Å²) in [4.78, 5) is 20.2. The van der Waals surface area contributed by atoms with Crippen molar-refractivity contribution in [1.29, 1.82) is 0 Å². The van der Waals surface area contributed by atoms with Gasteiger partial charge in [-0.1, -0.05) is 5.16 Å². The Balaban J connectivity index is 1.39. The van der Waals surface area contributed by atoms with Crippen LogP contribution in [-0.4, -0.2) is 52.0 Å². The number of aryl methyl sites for hydroxylation is 2. The van der Waals surface area contributed by atoms with E-state index in [1.54, 1.807) is 6.07 Å². The van der Waals surface area contributed by atoms with Crippen LogP contribution in [0.15, 0.2) is 28.8 Å². The summed E-state index contributed by atoms with van der Waals surface area (Å²) in [5, 5.41) is 4.70. The number of halogens is 1. The second-order valence-corrected chi connectivity index (χ2v) is 7.19. The lowest BCUT2D eigenvalue weighted by Crippen LogP contribution is -2.48. The highest BCUT2D eigenvalue weighted by atomic mass is 19.1. The smallest absolute Gasteiger partial charge is 0.227 e. The highest BCUT2D eigenvalue weighted by Gasteiger charge is 2.23. The normalized spacial score (nSPS) is 15.6. The Morgan fingerprint density at radius 1 is 1.22 bits per heavy atom. The van der Waals surface area contributed by atoms with E-state index in [1.807, 2.05) is 24.8 Å². The van der Waals surface area contributed by atoms with E-state index in [9.17, 15) is 9.18 Å². The first-order chi connectivity index (χ1) is 13.0. The van der Waals surface area contributed by atoms with Crippen molar-refractivity contribution in [2.45, 2.75) is 26.8 Å². The highest BCUT2D eigenvalue weighted by Crippen LogP contribution is 2.24. The largest absolute Gasteiger partial charge is 0.360 e. The summed E-state index contributed by atoms with van der Waals surface area (Å²) >= 11 is 0. The van der Waals surface area contributed by atoms with Crippen molar-refractivity contribution in [3.05, 3.63) is 52.8 Å². The molecule has 1 N–H and O–H groups in total. The summed E-state index contributed by atoms with van der Waals surface area (Å²) in [6, 6.07) is 6.59. The molecule has 7 heteroatoms. The SMILES string of the molecule is Cc1cc(CN2CCN(C(=O)Cc3c(C)[nH]c4ccc(F)cc34)CC2)on1. The Bertz CT molecular complexity index is 970. The lowest BCUT2D eigenvalue weighted by molar-refractivity contribution is -0.132. The maximum atomic E-state index is 13.6. The molecule has 1 aliphatic heterocycles. The van der Waals surface area contributed by atoms with Crippen LogP contribution in [0.2, 0.25) is 0 Å². The molecule has 0 bridgehead atoms. The molecule has 1 amide bonds. The molecule has 0 aliphatic carbocycles. The van der Waals surface area contributed by atoms with Gasteiger partial charge in [0.1, 0.15) is 5.82 Å². The molecule has 0 spiro atoms. The fraction of sp³-hybridized carbons (Fsp3) is 0.400. The fourth-order valence-electron chi connectivity index (χ4n) is 3.71. The third-order valence-corrected chi connectivity index (χ3v) is 5.19. The minimum absolute atomic E-state index is 0.0819. The van der Waals surface area contributed by atoms with Crippen molar-refractivity contribution in [2.24, 2.45) is 0 Å². The Morgan fingerprint density at radius 2 is 2.00 bits per heavy atom. The van der Waals surface area contributed by atoms with E-state index < -0.39 is 0 Å². The number of benzene rings is 1. The second-order valence-electron chi connectivity index (χ2n) is 7.19. The average Bonchev–Trinajstić information content (AvgIpc) is 3.19. The van der Waals surface area contributed by atoms with Crippen LogP contribution in [0.1, 0.15) is 22.7 Å². The molecule has 0 radical (unpaired) electrons. The summed E-state index contributed by atoms with van der Waals surface area (Å²) < 4.78 is 18.9. The molecule has 2 aromatic heterocycles. The van der Waals surface area contributed by atoms with Gasteiger partial charge < -0.3 is 14.4 Å². The Hall–Kier alpha value is -2.67. The molecule has 6 nitrogen and oxygen atoms in total. The number of hydrogen-bond acceptors (Lipinski definition) is 4. The van der Waals surface area contributed by atoms with Crippen LogP contribution in [0.5, 0.6) is 0 Å². The predicted molar refractivity (Wildman–Crippen MR) is 99.8 cm³/mol. The van der Waals surface area contributed by atoms with Gasteiger partial charge in [-0.25, -0.2) is 4.39 Å². The van der Waals surface area contributed by atoms with Crippen molar-refractivity contribution in [3.8, 4) is 0 Å². The topological polar surface area (TPSA) is 65.4 Å². The second kappa shape index (κ2) is 7.15. The van der Waals surface area contributed by atoms with Crippen molar-refractivity contribution in [1.82, 2.24) is 19.9 Å². The number of piperazine rings is 1. The summed E-state index contributed by atoms with van der Waals surface area (Å²) in [6.07, 6.45) is 0.288. The molecule has 4 rings (SSSR count). The molecule has 0 saturated carbocycles. The number of nitrogens with zero attached hydrogens (tertiary/aromatic N) is 3. The van der Waals surface area contributed by atoms with E-state index in [-0.39, 0.29) is 18.1 Å². The van der Waals surface area contributed by atoms with Crippen LogP contribution in [0.4, 0.5) is 4.39 Å². The summed E-state index contributed by atoms with van der Waals surface area (Å²) in [5.74, 6) is 0.647. The fourth-order valence-corrected chi connectivity index (χ4v) is 3.71. The van der Waals surface area contributed by atoms with E-state index in [2.05, 4.69) is 15.0 Å². The number of fused-ring (bicyclic) bond motifs is 1. The first-order valence-corrected chi connectivity index (χ1v) is 9.18. The zero-order valence-corrected chi connectivity index (χ0v) is 15.6. The molecule has 3 heterocycles. The van der Waals surface area contributed by atoms with Crippen LogP contribution in [0.3, 0.4) is 0 Å². The van der Waals surface area contributed by atoms with Gasteiger partial charge >= 0.3 is 0 Å². The van der Waals surface area contributed by atoms with E-state index in [0.29, 0.717) is 19.6 Å². The van der Waals surface area contributed by atoms with Gasteiger partial charge in [-0.05, 0) is 37.6 Å². The summed E-state index contributed by atoms with van der Waals surface area (Å²) in [5.41, 5.74) is 3.55. The molecule has 1 saturated heterocycles. The monoisotopic (exact) mass is 370 g/mol. The molecule has 1 aromatic carbocycles. The molecule has 1 aliphatic rings. The third kappa shape index (κ3) is 3.73. The van der Waals surface area contributed by atoms with Gasteiger partial charge in [0, 0.05) is 48.8 Å². The van der Waals surface area contributed by atoms with E-state index in [4.69, 9.17) is 4.52 Å². The number of hydrogen-bond donors (Lipinski definition) is 1. The molecular formula is C20H23FN4O2. The molecule has 142 valence electrons. The van der Waals surface area contributed by atoms with Crippen LogP contribution in [0.25, 0.3) is 10.9 Å². The summed E-state index contributed by atoms with van der Waals surface area (Å²) in [6.45, 7) is 7.51. The predicted octanol–water partition coefficient (Wildman–Crippen LogP) is 2.80. The van der Waals surface area contributed by atoms with Gasteiger partial charge in [0.05, 0.1) is 18.7 Å². The van der Waals surface area contributed by atoms with E-state index >= 15 is 0 Å². The number of aromatic nitrogens is 2. The Kier molecular flexibility index (Phi) is 4.70. The average molecular weight is 370 g/mol. The van der Waals surface area contributed by atoms with Crippen LogP contribution < -0.4 is 0 Å². The van der Waals surface area contributed by atoms with Crippen molar-refractivity contribution >= 4 is 16.8 Å². The molecular weight excluding hydrogens is 347 g/mol. The number of nitrogens with one attached hydrogen (secondary N) is 1. The van der Waals surface area contributed by atoms with Gasteiger partial charge in [0.2, 0.25) is 5.91 Å². The quantitative estimate of drug-likeness (QED) is 0.767. The van der Waals surface area contributed by atoms with Crippen LogP contribution in [-0.2, 0) is 17.8 Å². The number of amides is 1. The Labute approximate surface area is 156 Å². The lowest BCUT2D eigenvalue weighted by Gasteiger charge is -2.34. The number of rotatable bonds is 4. The lowest BCUT2D eigenvalue weighted by atomic mass is 10.1. The highest BCUT2D eigenvalue weighted by molar-refractivity contribution is 5.90. The number of aromatic amines is 1. The third-order valence-electron chi connectivity index (χ3n) is 5.19. The van der Waals surface area contributed by atoms with E-state index in [0.717, 1.165) is 46.7 Å². The van der Waals surface area contributed by atoms with Gasteiger partial charge in [-0.2, -0.15) is 0 Å². The van der Waals surface area contributed by atoms with Gasteiger partial charge in [-0.3, -0.25) is 9.69 Å². The van der Waals surface area contributed by atoms with Crippen LogP contribution >= 0.6 is 0 Å². The van der Waals surface area contributed by atoms with Gasteiger partial charge in [0.15, 0.2) is 5.76 Å². The van der Waals surface area contributed by atoms with Crippen molar-refractivity contribution in [3.63, 3.8) is 0 Å². The molecule has 1 fully saturated rings. The minimum Gasteiger partial charge on any atom is -0.360 e. The molecule has 0 atom stereocenters. The Morgan fingerprint density at radius 3 is 2.70 bits per heavy atom. The standard InChI is InChI=1S/C20H23FN4O2/c1-13-9-16(27-23-13)12-24-5-7-25(8-6-24)20(26)11-17-14(2)22-19-4-3-15(21)10-18(17)19/h3-4,9-10,22H,5-8,11-12H2,1-2H3. The zero-order chi connectivity index (χ0) is 19.0. The van der Waals surface area contributed by atoms with Gasteiger partial charge in [0.25, 0.3) is 0 Å². The first-order valence-electron chi connectivity index (χ1n) is 9.18. The molecule has 27 heavy (non-hydrogen) atoms. The number of carbonyl (C=O) groups excluding carboxylic acids is 1. The maximum Gasteiger partial charge on any atom is 0.227 e. The zero-order valence-electron chi connectivity index (χ0n) is 15.6.